The Bertz CT molecular complexity index is 1300. The second kappa shape index (κ2) is 10.3. The number of carbonyl (C=O) groups is 2. The molecule has 0 bridgehead atoms. The lowest BCUT2D eigenvalue weighted by atomic mass is 10.1. The second-order valence-electron chi connectivity index (χ2n) is 8.33. The van der Waals surface area contributed by atoms with E-state index in [4.69, 9.17) is 4.74 Å². The number of rotatable bonds is 6. The van der Waals surface area contributed by atoms with E-state index in [9.17, 15) is 18.0 Å². The molecule has 3 aromatic rings. The molecule has 2 unspecified atom stereocenters. The van der Waals surface area contributed by atoms with Gasteiger partial charge in [-0.2, -0.15) is 4.31 Å². The van der Waals surface area contributed by atoms with Crippen LogP contribution < -0.4 is 10.6 Å². The summed E-state index contributed by atoms with van der Waals surface area (Å²) in [6.45, 7) is 4.23. The molecular weight excluding hydrogens is 468 g/mol. The van der Waals surface area contributed by atoms with Crippen LogP contribution in [0.15, 0.2) is 78.0 Å². The highest BCUT2D eigenvalue weighted by Crippen LogP contribution is 2.22. The zero-order valence-electron chi connectivity index (χ0n) is 19.3. The van der Waals surface area contributed by atoms with Crippen LogP contribution in [0.2, 0.25) is 0 Å². The largest absolute Gasteiger partial charge is 0.373 e. The van der Waals surface area contributed by atoms with Crippen molar-refractivity contribution in [3.63, 3.8) is 0 Å². The van der Waals surface area contributed by atoms with Gasteiger partial charge in [-0.05, 0) is 68.4 Å². The van der Waals surface area contributed by atoms with E-state index >= 15 is 0 Å². The summed E-state index contributed by atoms with van der Waals surface area (Å²) in [7, 11) is -3.70. The summed E-state index contributed by atoms with van der Waals surface area (Å²) >= 11 is 0. The number of ether oxygens (including phenoxy) is 1. The normalized spacial score (nSPS) is 18.6. The lowest BCUT2D eigenvalue weighted by Gasteiger charge is -2.34. The van der Waals surface area contributed by atoms with Gasteiger partial charge in [0, 0.05) is 48.0 Å². The number of hydrogen-bond acceptors (Lipinski definition) is 6. The molecule has 2 atom stereocenters. The Morgan fingerprint density at radius 3 is 2.11 bits per heavy atom. The van der Waals surface area contributed by atoms with Crippen molar-refractivity contribution in [1.82, 2.24) is 9.29 Å². The number of carbonyl (C=O) groups excluding carboxylic acids is 2. The Morgan fingerprint density at radius 1 is 0.857 bits per heavy atom. The summed E-state index contributed by atoms with van der Waals surface area (Å²) in [6.07, 6.45) is 2.76. The van der Waals surface area contributed by atoms with E-state index in [1.807, 2.05) is 13.8 Å². The van der Waals surface area contributed by atoms with Crippen molar-refractivity contribution in [2.75, 3.05) is 23.7 Å². The molecule has 2 heterocycles. The minimum atomic E-state index is -3.70. The minimum absolute atomic E-state index is 0.116. The molecule has 0 radical (unpaired) electrons. The Balaban J connectivity index is 1.43. The van der Waals surface area contributed by atoms with Crippen LogP contribution in [0, 0.1) is 0 Å². The molecule has 0 saturated carbocycles. The predicted molar refractivity (Wildman–Crippen MR) is 132 cm³/mol. The monoisotopic (exact) mass is 494 g/mol. The highest BCUT2D eigenvalue weighted by Gasteiger charge is 2.32. The van der Waals surface area contributed by atoms with Crippen molar-refractivity contribution in [3.05, 3.63) is 84.2 Å². The van der Waals surface area contributed by atoms with Gasteiger partial charge in [-0.25, -0.2) is 8.42 Å². The number of aromatic nitrogens is 1. The number of pyridine rings is 1. The Labute approximate surface area is 204 Å². The van der Waals surface area contributed by atoms with E-state index in [2.05, 4.69) is 15.6 Å². The third kappa shape index (κ3) is 5.91. The predicted octanol–water partition coefficient (Wildman–Crippen LogP) is 3.38. The van der Waals surface area contributed by atoms with Gasteiger partial charge < -0.3 is 15.4 Å². The van der Waals surface area contributed by atoms with Crippen molar-refractivity contribution >= 4 is 33.2 Å². The third-order valence-corrected chi connectivity index (χ3v) is 7.31. The zero-order chi connectivity index (χ0) is 25.0. The van der Waals surface area contributed by atoms with Crippen LogP contribution in [0.5, 0.6) is 0 Å². The number of anilines is 2. The number of sulfonamides is 1. The van der Waals surface area contributed by atoms with E-state index < -0.39 is 15.9 Å². The van der Waals surface area contributed by atoms with Gasteiger partial charge in [-0.15, -0.1) is 0 Å². The van der Waals surface area contributed by atoms with E-state index in [1.165, 1.54) is 28.6 Å². The molecule has 4 rings (SSSR count). The summed E-state index contributed by atoms with van der Waals surface area (Å²) < 4.78 is 33.0. The van der Waals surface area contributed by atoms with Crippen molar-refractivity contribution in [1.29, 1.82) is 0 Å². The Kier molecular flexibility index (Phi) is 7.25. The first kappa shape index (κ1) is 24.5. The van der Waals surface area contributed by atoms with Gasteiger partial charge in [-0.3, -0.25) is 14.6 Å². The van der Waals surface area contributed by atoms with Crippen LogP contribution in [0.4, 0.5) is 11.4 Å². The molecule has 0 spiro atoms. The average Bonchev–Trinajstić information content (AvgIpc) is 2.84. The molecule has 1 aliphatic heterocycles. The maximum atomic E-state index is 13.0. The molecule has 1 aliphatic rings. The van der Waals surface area contributed by atoms with E-state index in [-0.39, 0.29) is 36.1 Å². The zero-order valence-corrected chi connectivity index (χ0v) is 20.2. The quantitative estimate of drug-likeness (QED) is 0.543. The standard InChI is InChI=1S/C25H26N4O5S/c1-17-15-29(16-18(2)34-17)35(32,33)23-8-6-19(7-9-23)24(30)28-22-5-3-4-20(14-22)25(31)27-21-10-12-26-13-11-21/h3-14,17-18H,15-16H2,1-2H3,(H,28,30)(H,26,27,31). The molecule has 9 nitrogen and oxygen atoms in total. The molecule has 0 aliphatic carbocycles. The summed E-state index contributed by atoms with van der Waals surface area (Å²) in [6, 6.07) is 15.7. The molecule has 2 N–H and O–H groups in total. The van der Waals surface area contributed by atoms with Gasteiger partial charge in [-0.1, -0.05) is 6.07 Å². The van der Waals surface area contributed by atoms with Crippen LogP contribution in [0.3, 0.4) is 0 Å². The van der Waals surface area contributed by atoms with Crippen LogP contribution in [0.1, 0.15) is 34.6 Å². The Morgan fingerprint density at radius 2 is 1.46 bits per heavy atom. The van der Waals surface area contributed by atoms with Gasteiger partial charge in [0.2, 0.25) is 10.0 Å². The number of morpholine rings is 1. The summed E-state index contributed by atoms with van der Waals surface area (Å²) in [4.78, 5) is 29.3. The van der Waals surface area contributed by atoms with Gasteiger partial charge in [0.15, 0.2) is 0 Å². The van der Waals surface area contributed by atoms with Crippen molar-refractivity contribution in [3.8, 4) is 0 Å². The number of nitrogens with zero attached hydrogens (tertiary/aromatic N) is 2. The maximum Gasteiger partial charge on any atom is 0.255 e. The van der Waals surface area contributed by atoms with Crippen LogP contribution in [-0.2, 0) is 14.8 Å². The summed E-state index contributed by atoms with van der Waals surface area (Å²) in [5.74, 6) is -0.747. The molecular formula is C25H26N4O5S. The van der Waals surface area contributed by atoms with Gasteiger partial charge in [0.25, 0.3) is 11.8 Å². The Hall–Kier alpha value is -3.60. The molecule has 182 valence electrons. The van der Waals surface area contributed by atoms with E-state index in [0.717, 1.165) is 0 Å². The number of nitrogens with one attached hydrogen (secondary N) is 2. The highest BCUT2D eigenvalue weighted by molar-refractivity contribution is 7.89. The van der Waals surface area contributed by atoms with Crippen molar-refractivity contribution in [2.24, 2.45) is 0 Å². The minimum Gasteiger partial charge on any atom is -0.373 e. The maximum absolute atomic E-state index is 13.0. The van der Waals surface area contributed by atoms with Crippen LogP contribution in [-0.4, -0.2) is 54.8 Å². The first-order valence-electron chi connectivity index (χ1n) is 11.1. The number of amides is 2. The molecule has 2 amide bonds. The highest BCUT2D eigenvalue weighted by atomic mass is 32.2. The molecule has 10 heteroatoms. The van der Waals surface area contributed by atoms with Crippen molar-refractivity contribution < 1.29 is 22.7 Å². The van der Waals surface area contributed by atoms with Crippen LogP contribution in [0.25, 0.3) is 0 Å². The first-order valence-corrected chi connectivity index (χ1v) is 12.5. The van der Waals surface area contributed by atoms with E-state index in [0.29, 0.717) is 22.5 Å². The lowest BCUT2D eigenvalue weighted by molar-refractivity contribution is -0.0440. The fourth-order valence-corrected chi connectivity index (χ4v) is 5.42. The number of hydrogen-bond donors (Lipinski definition) is 2. The molecule has 35 heavy (non-hydrogen) atoms. The molecule has 1 aromatic heterocycles. The summed E-state index contributed by atoms with van der Waals surface area (Å²) in [5, 5.41) is 5.51. The fraction of sp³-hybridized carbons (Fsp3) is 0.240. The van der Waals surface area contributed by atoms with Gasteiger partial charge in [0.05, 0.1) is 17.1 Å². The van der Waals surface area contributed by atoms with Crippen molar-refractivity contribution in [2.45, 2.75) is 31.0 Å². The average molecular weight is 495 g/mol. The SMILES string of the molecule is CC1CN(S(=O)(=O)c2ccc(C(=O)Nc3cccc(C(=O)Nc4ccncc4)c3)cc2)CC(C)O1. The number of benzene rings is 2. The van der Waals surface area contributed by atoms with Gasteiger partial charge >= 0.3 is 0 Å². The summed E-state index contributed by atoms with van der Waals surface area (Å²) in [5.41, 5.74) is 1.70. The third-order valence-electron chi connectivity index (χ3n) is 5.46. The van der Waals surface area contributed by atoms with E-state index in [1.54, 1.807) is 48.8 Å². The first-order chi connectivity index (χ1) is 16.7. The molecule has 1 saturated heterocycles. The topological polar surface area (TPSA) is 118 Å². The fourth-order valence-electron chi connectivity index (χ4n) is 3.83. The van der Waals surface area contributed by atoms with Crippen LogP contribution >= 0.6 is 0 Å². The molecule has 2 aromatic carbocycles. The van der Waals surface area contributed by atoms with Gasteiger partial charge in [0.1, 0.15) is 0 Å². The molecule has 1 fully saturated rings. The lowest BCUT2D eigenvalue weighted by Crippen LogP contribution is -2.48. The second-order valence-corrected chi connectivity index (χ2v) is 10.3. The smallest absolute Gasteiger partial charge is 0.255 e.